The molecule has 0 aliphatic carbocycles. The molecule has 3 rings (SSSR count). The third-order valence-electron chi connectivity index (χ3n) is 4.52. The van der Waals surface area contributed by atoms with Crippen molar-refractivity contribution < 1.29 is 13.2 Å². The Morgan fingerprint density at radius 3 is 2.78 bits per heavy atom. The Morgan fingerprint density at radius 2 is 2.11 bits per heavy atom. The second-order valence-corrected chi connectivity index (χ2v) is 9.16. The van der Waals surface area contributed by atoms with Gasteiger partial charge in [0.15, 0.2) is 5.82 Å². The van der Waals surface area contributed by atoms with Gasteiger partial charge in [0, 0.05) is 31.0 Å². The maximum Gasteiger partial charge on any atom is 0.243 e. The molecule has 27 heavy (non-hydrogen) atoms. The van der Waals surface area contributed by atoms with Crippen molar-refractivity contribution in [2.45, 2.75) is 42.8 Å². The Bertz CT molecular complexity index is 874. The summed E-state index contributed by atoms with van der Waals surface area (Å²) in [5.41, 5.74) is 0.613. The summed E-state index contributed by atoms with van der Waals surface area (Å²) in [5, 5.41) is 8.89. The van der Waals surface area contributed by atoms with Crippen LogP contribution in [0.1, 0.15) is 26.7 Å². The fourth-order valence-corrected chi connectivity index (χ4v) is 5.45. The number of rotatable bonds is 8. The van der Waals surface area contributed by atoms with Gasteiger partial charge in [-0.15, -0.1) is 10.2 Å². The standard InChI is InChI=1S/C17H25N5O3S2/c1-3-21(4-2)27(23,24)15-9-5-7-13(11-15)16-19-20-17(22(16)18)26-12-14-8-6-10-25-14/h5,7,9,11,14H,3-4,6,8,10,12,18H2,1-2H3. The monoisotopic (exact) mass is 411 g/mol. The number of hydrogen-bond acceptors (Lipinski definition) is 7. The van der Waals surface area contributed by atoms with Crippen molar-refractivity contribution in [1.29, 1.82) is 0 Å². The van der Waals surface area contributed by atoms with Crippen LogP contribution in [0.4, 0.5) is 0 Å². The van der Waals surface area contributed by atoms with Crippen molar-refractivity contribution in [1.82, 2.24) is 19.2 Å². The lowest BCUT2D eigenvalue weighted by Crippen LogP contribution is -2.30. The van der Waals surface area contributed by atoms with Crippen molar-refractivity contribution >= 4 is 21.8 Å². The third-order valence-corrected chi connectivity index (χ3v) is 7.64. The Hall–Kier alpha value is -1.62. The molecule has 10 heteroatoms. The Morgan fingerprint density at radius 1 is 1.33 bits per heavy atom. The molecule has 1 fully saturated rings. The van der Waals surface area contributed by atoms with Crippen LogP contribution in [0.15, 0.2) is 34.3 Å². The van der Waals surface area contributed by atoms with E-state index in [0.29, 0.717) is 29.6 Å². The minimum atomic E-state index is -3.55. The highest BCUT2D eigenvalue weighted by Crippen LogP contribution is 2.27. The van der Waals surface area contributed by atoms with E-state index in [1.165, 1.54) is 20.7 Å². The largest absolute Gasteiger partial charge is 0.377 e. The normalized spacial score (nSPS) is 17.7. The second-order valence-electron chi connectivity index (χ2n) is 6.24. The van der Waals surface area contributed by atoms with Crippen LogP contribution >= 0.6 is 11.8 Å². The van der Waals surface area contributed by atoms with Gasteiger partial charge in [-0.05, 0) is 25.0 Å². The zero-order chi connectivity index (χ0) is 19.4. The maximum atomic E-state index is 12.8. The molecule has 2 heterocycles. The van der Waals surface area contributed by atoms with E-state index in [1.807, 2.05) is 13.8 Å². The number of ether oxygens (including phenoxy) is 1. The first-order chi connectivity index (χ1) is 13.0. The molecule has 1 aliphatic heterocycles. The van der Waals surface area contributed by atoms with E-state index in [1.54, 1.807) is 24.3 Å². The van der Waals surface area contributed by atoms with Crippen LogP contribution in [0.3, 0.4) is 0 Å². The van der Waals surface area contributed by atoms with Crippen molar-refractivity contribution in [2.75, 3.05) is 31.3 Å². The number of thioether (sulfide) groups is 1. The van der Waals surface area contributed by atoms with Gasteiger partial charge in [0.2, 0.25) is 15.2 Å². The SMILES string of the molecule is CCN(CC)S(=O)(=O)c1cccc(-c2nnc(SCC3CCCO3)n2N)c1. The number of nitrogens with two attached hydrogens (primary N) is 1. The van der Waals surface area contributed by atoms with E-state index in [9.17, 15) is 8.42 Å². The molecule has 2 N–H and O–H groups in total. The topological polar surface area (TPSA) is 103 Å². The van der Waals surface area contributed by atoms with Gasteiger partial charge < -0.3 is 10.6 Å². The van der Waals surface area contributed by atoms with Crippen LogP contribution in [0.2, 0.25) is 0 Å². The molecule has 1 aromatic carbocycles. The molecule has 2 aromatic rings. The van der Waals surface area contributed by atoms with Gasteiger partial charge in [-0.3, -0.25) is 0 Å². The predicted octanol–water partition coefficient (Wildman–Crippen LogP) is 1.96. The number of aromatic nitrogens is 3. The molecule has 0 spiro atoms. The van der Waals surface area contributed by atoms with E-state index in [4.69, 9.17) is 10.6 Å². The second kappa shape index (κ2) is 8.59. The van der Waals surface area contributed by atoms with Gasteiger partial charge in [0.25, 0.3) is 0 Å². The molecule has 8 nitrogen and oxygen atoms in total. The van der Waals surface area contributed by atoms with Crippen LogP contribution < -0.4 is 5.84 Å². The lowest BCUT2D eigenvalue weighted by Gasteiger charge is -2.18. The van der Waals surface area contributed by atoms with Crippen LogP contribution in [0.5, 0.6) is 0 Å². The van der Waals surface area contributed by atoms with Crippen molar-refractivity contribution in [3.63, 3.8) is 0 Å². The lowest BCUT2D eigenvalue weighted by atomic mass is 10.2. The number of nitrogens with zero attached hydrogens (tertiary/aromatic N) is 4. The maximum absolute atomic E-state index is 12.8. The van der Waals surface area contributed by atoms with Gasteiger partial charge in [-0.25, -0.2) is 13.1 Å². The average Bonchev–Trinajstić information content (AvgIpc) is 3.30. The first kappa shape index (κ1) is 20.1. The highest BCUT2D eigenvalue weighted by Gasteiger charge is 2.23. The summed E-state index contributed by atoms with van der Waals surface area (Å²) in [7, 11) is -3.55. The highest BCUT2D eigenvalue weighted by molar-refractivity contribution is 7.99. The molecule has 0 amide bonds. The summed E-state index contributed by atoms with van der Waals surface area (Å²) in [6.45, 7) is 5.28. The van der Waals surface area contributed by atoms with Crippen molar-refractivity contribution in [2.24, 2.45) is 0 Å². The van der Waals surface area contributed by atoms with E-state index in [-0.39, 0.29) is 11.0 Å². The van der Waals surface area contributed by atoms with Crippen LogP contribution in [0.25, 0.3) is 11.4 Å². The van der Waals surface area contributed by atoms with Gasteiger partial charge in [-0.1, -0.05) is 37.7 Å². The molecule has 0 saturated carbocycles. The summed E-state index contributed by atoms with van der Waals surface area (Å²) in [5.74, 6) is 7.36. The molecule has 1 aromatic heterocycles. The Kier molecular flexibility index (Phi) is 6.40. The van der Waals surface area contributed by atoms with Crippen molar-refractivity contribution in [3.05, 3.63) is 24.3 Å². The average molecular weight is 412 g/mol. The van der Waals surface area contributed by atoms with Gasteiger partial charge in [0.05, 0.1) is 11.0 Å². The third kappa shape index (κ3) is 4.29. The molecule has 1 saturated heterocycles. The van der Waals surface area contributed by atoms with E-state index in [0.717, 1.165) is 25.2 Å². The number of sulfonamides is 1. The summed E-state index contributed by atoms with van der Waals surface area (Å²) < 4.78 is 33.9. The molecule has 1 aliphatic rings. The zero-order valence-electron chi connectivity index (χ0n) is 15.5. The molecule has 0 bridgehead atoms. The van der Waals surface area contributed by atoms with Crippen LogP contribution in [-0.4, -0.2) is 59.1 Å². The summed E-state index contributed by atoms with van der Waals surface area (Å²) in [6.07, 6.45) is 2.35. The van der Waals surface area contributed by atoms with E-state index < -0.39 is 10.0 Å². The van der Waals surface area contributed by atoms with Crippen LogP contribution in [0, 0.1) is 0 Å². The Balaban J connectivity index is 1.83. The van der Waals surface area contributed by atoms with Crippen molar-refractivity contribution in [3.8, 4) is 11.4 Å². The van der Waals surface area contributed by atoms with Gasteiger partial charge >= 0.3 is 0 Å². The highest BCUT2D eigenvalue weighted by atomic mass is 32.2. The summed E-state index contributed by atoms with van der Waals surface area (Å²) in [6, 6.07) is 6.65. The summed E-state index contributed by atoms with van der Waals surface area (Å²) in [4.78, 5) is 0.222. The smallest absolute Gasteiger partial charge is 0.243 e. The fraction of sp³-hybridized carbons (Fsp3) is 0.529. The molecule has 148 valence electrons. The van der Waals surface area contributed by atoms with E-state index in [2.05, 4.69) is 10.2 Å². The number of benzene rings is 1. The lowest BCUT2D eigenvalue weighted by molar-refractivity contribution is 0.129. The summed E-state index contributed by atoms with van der Waals surface area (Å²) >= 11 is 1.49. The number of hydrogen-bond donors (Lipinski definition) is 1. The zero-order valence-corrected chi connectivity index (χ0v) is 17.2. The predicted molar refractivity (Wildman–Crippen MR) is 105 cm³/mol. The first-order valence-corrected chi connectivity index (χ1v) is 11.5. The van der Waals surface area contributed by atoms with Gasteiger partial charge in [-0.2, -0.15) is 4.31 Å². The molecular formula is C17H25N5O3S2. The minimum absolute atomic E-state index is 0.220. The number of nitrogen functional groups attached to an aromatic ring is 1. The first-order valence-electron chi connectivity index (χ1n) is 9.02. The fourth-order valence-electron chi connectivity index (χ4n) is 3.02. The molecule has 0 radical (unpaired) electrons. The molecular weight excluding hydrogens is 386 g/mol. The quantitative estimate of drug-likeness (QED) is 0.523. The van der Waals surface area contributed by atoms with E-state index >= 15 is 0 Å². The molecule has 1 atom stereocenters. The Labute approximate surface area is 164 Å². The minimum Gasteiger partial charge on any atom is -0.377 e. The van der Waals surface area contributed by atoms with Gasteiger partial charge in [0.1, 0.15) is 0 Å². The van der Waals surface area contributed by atoms with Crippen LogP contribution in [-0.2, 0) is 14.8 Å². The molecule has 1 unspecified atom stereocenters.